The Morgan fingerprint density at radius 3 is 2.52 bits per heavy atom. The number of nitrogens with two attached hydrogens (primary N) is 1. The van der Waals surface area contributed by atoms with Gasteiger partial charge in [-0.25, -0.2) is 0 Å². The van der Waals surface area contributed by atoms with Crippen LogP contribution in [0.5, 0.6) is 11.5 Å². The molecule has 0 aliphatic rings. The second-order valence-electron chi connectivity index (χ2n) is 4.92. The van der Waals surface area contributed by atoms with Crippen molar-refractivity contribution in [3.05, 3.63) is 58.6 Å². The molecule has 0 amide bonds. The average molecular weight is 306 g/mol. The van der Waals surface area contributed by atoms with E-state index < -0.39 is 0 Å². The van der Waals surface area contributed by atoms with Crippen molar-refractivity contribution in [2.45, 2.75) is 19.3 Å². The molecule has 2 aromatic rings. The van der Waals surface area contributed by atoms with Crippen molar-refractivity contribution in [2.24, 2.45) is 5.73 Å². The number of phenols is 1. The zero-order valence-electron chi connectivity index (χ0n) is 12.1. The lowest BCUT2D eigenvalue weighted by Gasteiger charge is -2.16. The average Bonchev–Trinajstić information content (AvgIpc) is 2.49. The normalized spacial score (nSPS) is 12.1. The highest BCUT2D eigenvalue weighted by molar-refractivity contribution is 6.30. The van der Waals surface area contributed by atoms with Crippen LogP contribution in [0.15, 0.2) is 42.5 Å². The third kappa shape index (κ3) is 4.13. The maximum absolute atomic E-state index is 9.74. The third-order valence-electron chi connectivity index (χ3n) is 3.43. The van der Waals surface area contributed by atoms with Crippen molar-refractivity contribution in [1.82, 2.24) is 0 Å². The summed E-state index contributed by atoms with van der Waals surface area (Å²) in [5, 5.41) is 10.5. The van der Waals surface area contributed by atoms with Crippen LogP contribution in [0.25, 0.3) is 0 Å². The fourth-order valence-corrected chi connectivity index (χ4v) is 2.44. The second-order valence-corrected chi connectivity index (χ2v) is 5.36. The van der Waals surface area contributed by atoms with Crippen molar-refractivity contribution in [1.29, 1.82) is 0 Å². The quantitative estimate of drug-likeness (QED) is 0.855. The summed E-state index contributed by atoms with van der Waals surface area (Å²) < 4.78 is 5.42. The van der Waals surface area contributed by atoms with Gasteiger partial charge in [-0.05, 0) is 55.3 Å². The van der Waals surface area contributed by atoms with Crippen molar-refractivity contribution in [2.75, 3.05) is 13.2 Å². The molecule has 0 fully saturated rings. The number of halogens is 1. The van der Waals surface area contributed by atoms with Gasteiger partial charge < -0.3 is 15.6 Å². The molecule has 0 aliphatic carbocycles. The highest BCUT2D eigenvalue weighted by atomic mass is 35.5. The van der Waals surface area contributed by atoms with Gasteiger partial charge in [0.15, 0.2) is 11.5 Å². The molecule has 3 nitrogen and oxygen atoms in total. The highest BCUT2D eigenvalue weighted by Gasteiger charge is 2.12. The molecule has 112 valence electrons. The minimum Gasteiger partial charge on any atom is -0.504 e. The Labute approximate surface area is 130 Å². The number of benzene rings is 2. The van der Waals surface area contributed by atoms with Gasteiger partial charge in [-0.1, -0.05) is 29.8 Å². The summed E-state index contributed by atoms with van der Waals surface area (Å²) in [6, 6.07) is 13.2. The van der Waals surface area contributed by atoms with Gasteiger partial charge in [0, 0.05) is 10.9 Å². The number of aromatic hydroxyl groups is 1. The number of hydrogen-bond acceptors (Lipinski definition) is 3. The molecule has 2 aromatic carbocycles. The molecule has 0 spiro atoms. The predicted octanol–water partition coefficient (Wildman–Crippen LogP) is 3.73. The number of hydrogen-bond donors (Lipinski definition) is 2. The Balaban J connectivity index is 2.18. The first-order valence-electron chi connectivity index (χ1n) is 7.04. The van der Waals surface area contributed by atoms with E-state index in [4.69, 9.17) is 22.1 Å². The molecule has 0 aromatic heterocycles. The Morgan fingerprint density at radius 2 is 1.90 bits per heavy atom. The van der Waals surface area contributed by atoms with E-state index in [-0.39, 0.29) is 11.7 Å². The minimum absolute atomic E-state index is 0.163. The molecule has 3 N–H and O–H groups in total. The first kappa shape index (κ1) is 15.7. The SMILES string of the molecule is CCOc1cc(CC(CN)c2ccc(Cl)cc2)ccc1O. The lowest BCUT2D eigenvalue weighted by Crippen LogP contribution is -2.15. The topological polar surface area (TPSA) is 55.5 Å². The van der Waals surface area contributed by atoms with Gasteiger partial charge in [0.05, 0.1) is 6.61 Å². The van der Waals surface area contributed by atoms with Crippen molar-refractivity contribution < 1.29 is 9.84 Å². The maximum Gasteiger partial charge on any atom is 0.161 e. The van der Waals surface area contributed by atoms with Gasteiger partial charge in [0.25, 0.3) is 0 Å². The zero-order chi connectivity index (χ0) is 15.2. The van der Waals surface area contributed by atoms with Crippen molar-refractivity contribution >= 4 is 11.6 Å². The molecule has 0 heterocycles. The standard InChI is InChI=1S/C17H20ClNO2/c1-2-21-17-10-12(3-8-16(17)20)9-14(11-19)13-4-6-15(18)7-5-13/h3-8,10,14,20H,2,9,11,19H2,1H3. The molecule has 0 saturated carbocycles. The van der Waals surface area contributed by atoms with E-state index in [9.17, 15) is 5.11 Å². The first-order chi connectivity index (χ1) is 10.1. The monoisotopic (exact) mass is 305 g/mol. The third-order valence-corrected chi connectivity index (χ3v) is 3.68. The molecule has 1 atom stereocenters. The summed E-state index contributed by atoms with van der Waals surface area (Å²) in [5.41, 5.74) is 8.15. The van der Waals surface area contributed by atoms with Crippen LogP contribution in [0.4, 0.5) is 0 Å². The van der Waals surface area contributed by atoms with Gasteiger partial charge >= 0.3 is 0 Å². The van der Waals surface area contributed by atoms with E-state index in [1.165, 1.54) is 0 Å². The van der Waals surface area contributed by atoms with Gasteiger partial charge in [-0.2, -0.15) is 0 Å². The van der Waals surface area contributed by atoms with Crippen LogP contribution >= 0.6 is 11.6 Å². The summed E-state index contributed by atoms with van der Waals surface area (Å²) in [6.45, 7) is 2.96. The van der Waals surface area contributed by atoms with Crippen LogP contribution in [0, 0.1) is 0 Å². The fraction of sp³-hybridized carbons (Fsp3) is 0.294. The van der Waals surface area contributed by atoms with Crippen LogP contribution in [0.3, 0.4) is 0 Å². The number of rotatable bonds is 6. The van der Waals surface area contributed by atoms with E-state index in [1.54, 1.807) is 6.07 Å². The van der Waals surface area contributed by atoms with Crippen molar-refractivity contribution in [3.63, 3.8) is 0 Å². The summed E-state index contributed by atoms with van der Waals surface area (Å²) in [5.74, 6) is 0.888. The van der Waals surface area contributed by atoms with Gasteiger partial charge in [-0.3, -0.25) is 0 Å². The lowest BCUT2D eigenvalue weighted by atomic mass is 9.92. The van der Waals surface area contributed by atoms with E-state index in [0.29, 0.717) is 18.9 Å². The summed E-state index contributed by atoms with van der Waals surface area (Å²) in [4.78, 5) is 0. The summed E-state index contributed by atoms with van der Waals surface area (Å²) in [6.07, 6.45) is 0.790. The van der Waals surface area contributed by atoms with Crippen LogP contribution in [-0.4, -0.2) is 18.3 Å². The highest BCUT2D eigenvalue weighted by Crippen LogP contribution is 2.29. The maximum atomic E-state index is 9.74. The Hall–Kier alpha value is -1.71. The molecular formula is C17H20ClNO2. The zero-order valence-corrected chi connectivity index (χ0v) is 12.8. The lowest BCUT2D eigenvalue weighted by molar-refractivity contribution is 0.317. The molecule has 21 heavy (non-hydrogen) atoms. The van der Waals surface area contributed by atoms with E-state index in [2.05, 4.69) is 0 Å². The second kappa shape index (κ2) is 7.34. The van der Waals surface area contributed by atoms with Crippen LogP contribution in [0.2, 0.25) is 5.02 Å². The first-order valence-corrected chi connectivity index (χ1v) is 7.42. The largest absolute Gasteiger partial charge is 0.504 e. The summed E-state index contributed by atoms with van der Waals surface area (Å²) >= 11 is 5.92. The van der Waals surface area contributed by atoms with Crippen LogP contribution in [0.1, 0.15) is 24.0 Å². The molecule has 0 bridgehead atoms. The molecule has 0 saturated heterocycles. The molecule has 0 radical (unpaired) electrons. The smallest absolute Gasteiger partial charge is 0.161 e. The molecule has 1 unspecified atom stereocenters. The Bertz CT molecular complexity index is 584. The number of ether oxygens (including phenoxy) is 1. The predicted molar refractivity (Wildman–Crippen MR) is 86.2 cm³/mol. The van der Waals surface area contributed by atoms with Gasteiger partial charge in [-0.15, -0.1) is 0 Å². The Morgan fingerprint density at radius 1 is 1.19 bits per heavy atom. The van der Waals surface area contributed by atoms with Gasteiger partial charge in [0.1, 0.15) is 0 Å². The van der Waals surface area contributed by atoms with Gasteiger partial charge in [0.2, 0.25) is 0 Å². The van der Waals surface area contributed by atoms with Crippen LogP contribution < -0.4 is 10.5 Å². The van der Waals surface area contributed by atoms with Crippen molar-refractivity contribution in [3.8, 4) is 11.5 Å². The molecule has 4 heteroatoms. The van der Waals surface area contributed by atoms with E-state index in [1.807, 2.05) is 43.3 Å². The molecule has 0 aliphatic heterocycles. The summed E-state index contributed by atoms with van der Waals surface area (Å²) in [7, 11) is 0. The van der Waals surface area contributed by atoms with Crippen LogP contribution in [-0.2, 0) is 6.42 Å². The van der Waals surface area contributed by atoms with E-state index in [0.717, 1.165) is 22.6 Å². The fourth-order valence-electron chi connectivity index (χ4n) is 2.31. The van der Waals surface area contributed by atoms with E-state index >= 15 is 0 Å². The number of phenolic OH excluding ortho intramolecular Hbond substituents is 1. The Kier molecular flexibility index (Phi) is 5.48. The molecular weight excluding hydrogens is 286 g/mol. The molecule has 2 rings (SSSR count). The minimum atomic E-state index is 0.163.